The van der Waals surface area contributed by atoms with E-state index >= 15 is 0 Å². The monoisotopic (exact) mass is 210 g/mol. The maximum absolute atomic E-state index is 10.1. The number of rotatable bonds is 3. The highest BCUT2D eigenvalue weighted by atomic mass is 16.5. The van der Waals surface area contributed by atoms with Crippen molar-refractivity contribution in [1.29, 1.82) is 0 Å². The van der Waals surface area contributed by atoms with Gasteiger partial charge >= 0.3 is 0 Å². The van der Waals surface area contributed by atoms with Crippen LogP contribution in [0.4, 0.5) is 0 Å². The fraction of sp³-hybridized carbons (Fsp3) is 0.727. The lowest BCUT2D eigenvalue weighted by Gasteiger charge is -2.30. The standard InChI is InChI=1S/C11H18N2O2/c1-15-10-4-2-3-8(5-10)11(14)9-6-12-13-7-9/h6-8,10-11,14H,2-5H2,1H3,(H,12,13). The molecule has 4 nitrogen and oxygen atoms in total. The molecule has 1 fully saturated rings. The van der Waals surface area contributed by atoms with Gasteiger partial charge in [-0.15, -0.1) is 0 Å². The summed E-state index contributed by atoms with van der Waals surface area (Å²) in [6.07, 6.45) is 7.65. The van der Waals surface area contributed by atoms with Crippen molar-refractivity contribution >= 4 is 0 Å². The summed E-state index contributed by atoms with van der Waals surface area (Å²) in [4.78, 5) is 0. The molecule has 1 aliphatic rings. The van der Waals surface area contributed by atoms with Crippen LogP contribution in [0.2, 0.25) is 0 Å². The van der Waals surface area contributed by atoms with Crippen LogP contribution < -0.4 is 0 Å². The Labute approximate surface area is 89.7 Å². The number of aliphatic hydroxyl groups excluding tert-OH is 1. The first-order valence-corrected chi connectivity index (χ1v) is 5.50. The lowest BCUT2D eigenvalue weighted by molar-refractivity contribution is 0.00586. The van der Waals surface area contributed by atoms with Gasteiger partial charge < -0.3 is 9.84 Å². The van der Waals surface area contributed by atoms with E-state index in [-0.39, 0.29) is 0 Å². The van der Waals surface area contributed by atoms with Crippen LogP contribution in [-0.4, -0.2) is 28.5 Å². The highest BCUT2D eigenvalue weighted by molar-refractivity contribution is 5.08. The third kappa shape index (κ3) is 2.38. The number of aromatic amines is 1. The van der Waals surface area contributed by atoms with E-state index in [2.05, 4.69) is 10.2 Å². The molecule has 1 aromatic heterocycles. The van der Waals surface area contributed by atoms with E-state index in [1.54, 1.807) is 19.5 Å². The van der Waals surface area contributed by atoms with Crippen LogP contribution in [0.3, 0.4) is 0 Å². The normalized spacial score (nSPS) is 28.9. The van der Waals surface area contributed by atoms with Gasteiger partial charge in [0.15, 0.2) is 0 Å². The smallest absolute Gasteiger partial charge is 0.0849 e. The van der Waals surface area contributed by atoms with Gasteiger partial charge in [0.1, 0.15) is 0 Å². The Morgan fingerprint density at radius 1 is 1.60 bits per heavy atom. The minimum absolute atomic E-state index is 0.307. The zero-order valence-electron chi connectivity index (χ0n) is 9.02. The van der Waals surface area contributed by atoms with Crippen LogP contribution in [0, 0.1) is 5.92 Å². The quantitative estimate of drug-likeness (QED) is 0.797. The Bertz CT molecular complexity index is 287. The Morgan fingerprint density at radius 3 is 3.13 bits per heavy atom. The molecule has 4 heteroatoms. The van der Waals surface area contributed by atoms with Gasteiger partial charge in [-0.3, -0.25) is 5.10 Å². The van der Waals surface area contributed by atoms with Crippen molar-refractivity contribution in [3.63, 3.8) is 0 Å². The summed E-state index contributed by atoms with van der Waals surface area (Å²) in [5.41, 5.74) is 0.886. The minimum atomic E-state index is -0.401. The van der Waals surface area contributed by atoms with Crippen LogP contribution in [-0.2, 0) is 4.74 Å². The number of aromatic nitrogens is 2. The predicted molar refractivity (Wildman–Crippen MR) is 56.3 cm³/mol. The lowest BCUT2D eigenvalue weighted by atomic mass is 9.82. The molecule has 1 aliphatic carbocycles. The van der Waals surface area contributed by atoms with Gasteiger partial charge in [-0.25, -0.2) is 0 Å². The molecule has 3 atom stereocenters. The summed E-state index contributed by atoms with van der Waals surface area (Å²) < 4.78 is 5.35. The number of H-pyrrole nitrogens is 1. The largest absolute Gasteiger partial charge is 0.388 e. The van der Waals surface area contributed by atoms with Crippen LogP contribution in [0.15, 0.2) is 12.4 Å². The average Bonchev–Trinajstić information content (AvgIpc) is 2.81. The number of methoxy groups -OCH3 is 1. The van der Waals surface area contributed by atoms with Gasteiger partial charge in [-0.1, -0.05) is 6.42 Å². The molecule has 0 amide bonds. The third-order valence-corrected chi connectivity index (χ3v) is 3.31. The van der Waals surface area contributed by atoms with Crippen molar-refractivity contribution in [1.82, 2.24) is 10.2 Å². The molecule has 15 heavy (non-hydrogen) atoms. The maximum atomic E-state index is 10.1. The first kappa shape index (κ1) is 10.6. The van der Waals surface area contributed by atoms with E-state index in [0.717, 1.165) is 31.2 Å². The number of ether oxygens (including phenoxy) is 1. The second kappa shape index (κ2) is 4.77. The lowest BCUT2D eigenvalue weighted by Crippen LogP contribution is -2.25. The highest BCUT2D eigenvalue weighted by Crippen LogP contribution is 2.34. The summed E-state index contributed by atoms with van der Waals surface area (Å²) in [5, 5.41) is 16.7. The third-order valence-electron chi connectivity index (χ3n) is 3.31. The Kier molecular flexibility index (Phi) is 3.38. The van der Waals surface area contributed by atoms with Crippen LogP contribution >= 0.6 is 0 Å². The van der Waals surface area contributed by atoms with Gasteiger partial charge in [-0.2, -0.15) is 5.10 Å². The van der Waals surface area contributed by atoms with E-state index in [9.17, 15) is 5.11 Å². The molecule has 84 valence electrons. The van der Waals surface area contributed by atoms with Gasteiger partial charge in [0.2, 0.25) is 0 Å². The van der Waals surface area contributed by atoms with E-state index in [0.29, 0.717) is 12.0 Å². The van der Waals surface area contributed by atoms with Crippen LogP contribution in [0.5, 0.6) is 0 Å². The fourth-order valence-corrected chi connectivity index (χ4v) is 2.38. The topological polar surface area (TPSA) is 58.1 Å². The Morgan fingerprint density at radius 2 is 2.47 bits per heavy atom. The van der Waals surface area contributed by atoms with E-state index in [1.165, 1.54) is 0 Å². The summed E-state index contributed by atoms with van der Waals surface area (Å²) in [5.74, 6) is 0.307. The van der Waals surface area contributed by atoms with Gasteiger partial charge in [-0.05, 0) is 25.2 Å². The molecule has 0 aromatic carbocycles. The van der Waals surface area contributed by atoms with Crippen molar-refractivity contribution in [2.75, 3.05) is 7.11 Å². The molecular formula is C11H18N2O2. The fourth-order valence-electron chi connectivity index (χ4n) is 2.38. The summed E-state index contributed by atoms with van der Waals surface area (Å²) in [7, 11) is 1.75. The zero-order valence-corrected chi connectivity index (χ0v) is 9.02. The van der Waals surface area contributed by atoms with Crippen LogP contribution in [0.25, 0.3) is 0 Å². The number of hydrogen-bond acceptors (Lipinski definition) is 3. The second-order valence-electron chi connectivity index (χ2n) is 4.26. The average molecular weight is 210 g/mol. The highest BCUT2D eigenvalue weighted by Gasteiger charge is 2.28. The summed E-state index contributed by atoms with van der Waals surface area (Å²) in [6.45, 7) is 0. The predicted octanol–water partition coefficient (Wildman–Crippen LogP) is 1.65. The first-order valence-electron chi connectivity index (χ1n) is 5.50. The summed E-state index contributed by atoms with van der Waals surface area (Å²) >= 11 is 0. The number of aliphatic hydroxyl groups is 1. The molecule has 0 bridgehead atoms. The van der Waals surface area contributed by atoms with Gasteiger partial charge in [0, 0.05) is 18.9 Å². The molecule has 2 N–H and O–H groups in total. The van der Waals surface area contributed by atoms with E-state index in [1.807, 2.05) is 0 Å². The molecule has 0 spiro atoms. The van der Waals surface area contributed by atoms with Crippen molar-refractivity contribution in [2.24, 2.45) is 5.92 Å². The van der Waals surface area contributed by atoms with Crippen molar-refractivity contribution in [3.8, 4) is 0 Å². The number of hydrogen-bond donors (Lipinski definition) is 2. The number of nitrogens with one attached hydrogen (secondary N) is 1. The minimum Gasteiger partial charge on any atom is -0.388 e. The van der Waals surface area contributed by atoms with E-state index in [4.69, 9.17) is 4.74 Å². The van der Waals surface area contributed by atoms with Gasteiger partial charge in [0.05, 0.1) is 18.4 Å². The molecular weight excluding hydrogens is 192 g/mol. The molecule has 3 unspecified atom stereocenters. The Balaban J connectivity index is 1.98. The summed E-state index contributed by atoms with van der Waals surface area (Å²) in [6, 6.07) is 0. The molecule has 1 saturated carbocycles. The molecule has 1 aromatic rings. The van der Waals surface area contributed by atoms with Crippen molar-refractivity contribution < 1.29 is 9.84 Å². The van der Waals surface area contributed by atoms with Crippen molar-refractivity contribution in [3.05, 3.63) is 18.0 Å². The molecule has 2 rings (SSSR count). The van der Waals surface area contributed by atoms with Crippen LogP contribution in [0.1, 0.15) is 37.4 Å². The zero-order chi connectivity index (χ0) is 10.7. The maximum Gasteiger partial charge on any atom is 0.0849 e. The molecule has 0 saturated heterocycles. The number of nitrogens with zero attached hydrogens (tertiary/aromatic N) is 1. The second-order valence-corrected chi connectivity index (χ2v) is 4.26. The Hall–Kier alpha value is -0.870. The van der Waals surface area contributed by atoms with Crippen molar-refractivity contribution in [2.45, 2.75) is 37.9 Å². The first-order chi connectivity index (χ1) is 7.31. The molecule has 0 radical (unpaired) electrons. The SMILES string of the molecule is COC1CCCC(C(O)c2cn[nH]c2)C1. The van der Waals surface area contributed by atoms with E-state index < -0.39 is 6.10 Å². The van der Waals surface area contributed by atoms with Gasteiger partial charge in [0.25, 0.3) is 0 Å². The molecule has 1 heterocycles. The molecule has 0 aliphatic heterocycles.